The van der Waals surface area contributed by atoms with Crippen LogP contribution < -0.4 is 4.98 Å². The van der Waals surface area contributed by atoms with E-state index in [0.717, 1.165) is 5.82 Å². The fraction of sp³-hybridized carbons (Fsp3) is 0.444. The SMILES string of the molecule is Cc1ccnc(N[Si](C)(C)C)c1. The molecule has 3 heteroatoms. The first-order valence-corrected chi connectivity index (χ1v) is 7.68. The number of nitrogens with zero attached hydrogens (tertiary/aromatic N) is 1. The maximum atomic E-state index is 4.25. The molecule has 12 heavy (non-hydrogen) atoms. The van der Waals surface area contributed by atoms with Gasteiger partial charge in [-0.15, -0.1) is 0 Å². The van der Waals surface area contributed by atoms with E-state index in [4.69, 9.17) is 0 Å². The molecule has 1 rings (SSSR count). The van der Waals surface area contributed by atoms with Crippen molar-refractivity contribution in [3.05, 3.63) is 23.9 Å². The summed E-state index contributed by atoms with van der Waals surface area (Å²) in [5.41, 5.74) is 1.26. The summed E-state index contributed by atoms with van der Waals surface area (Å²) in [6, 6.07) is 4.09. The zero-order valence-corrected chi connectivity index (χ0v) is 9.18. The van der Waals surface area contributed by atoms with Crippen LogP contribution in [0, 0.1) is 6.92 Å². The summed E-state index contributed by atoms with van der Waals surface area (Å²) < 4.78 is 0. The molecule has 0 aliphatic carbocycles. The number of hydrogen-bond donors (Lipinski definition) is 1. The van der Waals surface area contributed by atoms with Crippen molar-refractivity contribution in [2.24, 2.45) is 0 Å². The predicted octanol–water partition coefficient (Wildman–Crippen LogP) is 2.64. The Morgan fingerprint density at radius 2 is 2.00 bits per heavy atom. The molecule has 2 nitrogen and oxygen atoms in total. The molecule has 0 spiro atoms. The lowest BCUT2D eigenvalue weighted by Gasteiger charge is -2.18. The molecule has 0 bridgehead atoms. The summed E-state index contributed by atoms with van der Waals surface area (Å²) in [4.78, 5) is 7.70. The maximum absolute atomic E-state index is 4.25. The zero-order chi connectivity index (χ0) is 9.19. The van der Waals surface area contributed by atoms with Crippen molar-refractivity contribution in [1.82, 2.24) is 4.98 Å². The Labute approximate surface area is 75.1 Å². The molecule has 0 fully saturated rings. The Bertz CT molecular complexity index is 265. The second-order valence-corrected chi connectivity index (χ2v) is 8.84. The second kappa shape index (κ2) is 3.27. The molecule has 1 heterocycles. The van der Waals surface area contributed by atoms with Gasteiger partial charge < -0.3 is 4.98 Å². The number of nitrogens with one attached hydrogen (secondary N) is 1. The van der Waals surface area contributed by atoms with Crippen LogP contribution in [0.3, 0.4) is 0 Å². The highest BCUT2D eigenvalue weighted by Crippen LogP contribution is 2.10. The van der Waals surface area contributed by atoms with E-state index in [1.165, 1.54) is 5.56 Å². The highest BCUT2D eigenvalue weighted by Gasteiger charge is 2.12. The van der Waals surface area contributed by atoms with Crippen LogP contribution in [0.2, 0.25) is 19.6 Å². The molecular weight excluding hydrogens is 164 g/mol. The summed E-state index contributed by atoms with van der Waals surface area (Å²) in [5, 5.41) is 0. The van der Waals surface area contributed by atoms with E-state index in [1.807, 2.05) is 12.3 Å². The number of pyridine rings is 1. The van der Waals surface area contributed by atoms with Crippen LogP contribution in [0.1, 0.15) is 5.56 Å². The quantitative estimate of drug-likeness (QED) is 0.708. The number of aryl methyl sites for hydroxylation is 1. The van der Waals surface area contributed by atoms with Gasteiger partial charge >= 0.3 is 0 Å². The van der Waals surface area contributed by atoms with Gasteiger partial charge in [0.25, 0.3) is 0 Å². The van der Waals surface area contributed by atoms with E-state index in [2.05, 4.69) is 42.6 Å². The molecule has 0 saturated carbocycles. The van der Waals surface area contributed by atoms with Crippen LogP contribution in [0.25, 0.3) is 0 Å². The van der Waals surface area contributed by atoms with Crippen molar-refractivity contribution >= 4 is 14.1 Å². The van der Waals surface area contributed by atoms with Gasteiger partial charge in [-0.3, -0.25) is 0 Å². The highest BCUT2D eigenvalue weighted by atomic mass is 28.3. The van der Waals surface area contributed by atoms with Crippen LogP contribution in [0.15, 0.2) is 18.3 Å². The van der Waals surface area contributed by atoms with Crippen molar-refractivity contribution in [2.75, 3.05) is 4.98 Å². The first-order valence-electron chi connectivity index (χ1n) is 4.18. The minimum Gasteiger partial charge on any atom is -0.396 e. The summed E-state index contributed by atoms with van der Waals surface area (Å²) >= 11 is 0. The average molecular weight is 180 g/mol. The van der Waals surface area contributed by atoms with Gasteiger partial charge in [-0.2, -0.15) is 0 Å². The Hall–Kier alpha value is -0.833. The molecular formula is C9H16N2Si. The van der Waals surface area contributed by atoms with Crippen molar-refractivity contribution in [2.45, 2.75) is 26.6 Å². The van der Waals surface area contributed by atoms with Crippen molar-refractivity contribution < 1.29 is 0 Å². The fourth-order valence-electron chi connectivity index (χ4n) is 0.989. The molecule has 0 radical (unpaired) electrons. The second-order valence-electron chi connectivity index (χ2n) is 4.09. The van der Waals surface area contributed by atoms with Crippen molar-refractivity contribution in [3.63, 3.8) is 0 Å². The summed E-state index contributed by atoms with van der Waals surface area (Å²) in [6.07, 6.45) is 1.85. The van der Waals surface area contributed by atoms with Gasteiger partial charge in [-0.25, -0.2) is 4.98 Å². The average Bonchev–Trinajstić information content (AvgIpc) is 1.82. The molecule has 0 atom stereocenters. The Balaban J connectivity index is 2.77. The third-order valence-electron chi connectivity index (χ3n) is 1.42. The third kappa shape index (κ3) is 3.05. The lowest BCUT2D eigenvalue weighted by atomic mass is 10.3. The molecule has 0 aliphatic rings. The minimum absolute atomic E-state index is 1.01. The Morgan fingerprint density at radius 3 is 2.50 bits per heavy atom. The lowest BCUT2D eigenvalue weighted by molar-refractivity contribution is 1.28. The fourth-order valence-corrected chi connectivity index (χ4v) is 1.89. The Morgan fingerprint density at radius 1 is 1.33 bits per heavy atom. The van der Waals surface area contributed by atoms with E-state index >= 15 is 0 Å². The van der Waals surface area contributed by atoms with E-state index in [9.17, 15) is 0 Å². The highest BCUT2D eigenvalue weighted by molar-refractivity contribution is 6.79. The topological polar surface area (TPSA) is 24.9 Å². The Kier molecular flexibility index (Phi) is 2.52. The van der Waals surface area contributed by atoms with Crippen molar-refractivity contribution in [3.8, 4) is 0 Å². The standard InChI is InChI=1S/C9H16N2Si/c1-8-5-6-10-9(7-8)11-12(2,3)4/h5-7H,1-4H3,(H,10,11). The largest absolute Gasteiger partial charge is 0.396 e. The number of hydrogen-bond acceptors (Lipinski definition) is 2. The minimum atomic E-state index is -1.23. The van der Waals surface area contributed by atoms with Crippen LogP contribution in [-0.2, 0) is 0 Å². The van der Waals surface area contributed by atoms with Gasteiger partial charge in [0.2, 0.25) is 0 Å². The molecule has 0 unspecified atom stereocenters. The van der Waals surface area contributed by atoms with Gasteiger partial charge in [0.05, 0.1) is 0 Å². The number of anilines is 1. The molecule has 0 saturated heterocycles. The molecule has 1 aromatic heterocycles. The van der Waals surface area contributed by atoms with Gasteiger partial charge in [0.15, 0.2) is 0 Å². The molecule has 66 valence electrons. The van der Waals surface area contributed by atoms with Crippen LogP contribution in [0.5, 0.6) is 0 Å². The van der Waals surface area contributed by atoms with Gasteiger partial charge in [0.1, 0.15) is 14.1 Å². The summed E-state index contributed by atoms with van der Waals surface area (Å²) in [5.74, 6) is 1.01. The third-order valence-corrected chi connectivity index (χ3v) is 2.42. The molecule has 1 aromatic rings. The van der Waals surface area contributed by atoms with Gasteiger partial charge in [-0.1, -0.05) is 19.6 Å². The molecule has 0 amide bonds. The zero-order valence-electron chi connectivity index (χ0n) is 8.18. The van der Waals surface area contributed by atoms with Gasteiger partial charge in [0, 0.05) is 6.20 Å². The van der Waals surface area contributed by atoms with E-state index < -0.39 is 8.24 Å². The molecule has 0 aromatic carbocycles. The number of aromatic nitrogens is 1. The van der Waals surface area contributed by atoms with Crippen LogP contribution in [0.4, 0.5) is 5.82 Å². The lowest BCUT2D eigenvalue weighted by Crippen LogP contribution is -2.32. The van der Waals surface area contributed by atoms with E-state index in [0.29, 0.717) is 0 Å². The van der Waals surface area contributed by atoms with E-state index in [1.54, 1.807) is 0 Å². The van der Waals surface area contributed by atoms with Crippen LogP contribution >= 0.6 is 0 Å². The van der Waals surface area contributed by atoms with E-state index in [-0.39, 0.29) is 0 Å². The summed E-state index contributed by atoms with van der Waals surface area (Å²) in [6.45, 7) is 8.86. The first kappa shape index (κ1) is 9.26. The molecule has 0 aliphatic heterocycles. The molecule has 1 N–H and O–H groups in total. The maximum Gasteiger partial charge on any atom is 0.145 e. The van der Waals surface area contributed by atoms with Crippen LogP contribution in [-0.4, -0.2) is 13.2 Å². The smallest absolute Gasteiger partial charge is 0.145 e. The van der Waals surface area contributed by atoms with Gasteiger partial charge in [-0.05, 0) is 24.6 Å². The summed E-state index contributed by atoms with van der Waals surface area (Å²) in [7, 11) is -1.23. The monoisotopic (exact) mass is 180 g/mol. The first-order chi connectivity index (χ1) is 5.47. The number of rotatable bonds is 2. The van der Waals surface area contributed by atoms with Crippen molar-refractivity contribution in [1.29, 1.82) is 0 Å². The normalized spacial score (nSPS) is 11.3. The predicted molar refractivity (Wildman–Crippen MR) is 55.9 cm³/mol.